The third-order valence-electron chi connectivity index (χ3n) is 3.61. The normalized spacial score (nSPS) is 12.4. The smallest absolute Gasteiger partial charge is 0.226 e. The van der Waals surface area contributed by atoms with Crippen LogP contribution in [0.4, 0.5) is 0 Å². The molecule has 1 N–H and O–H groups in total. The zero-order valence-electron chi connectivity index (χ0n) is 14.0. The SMILES string of the molecule is CCOC(C)c1nc(CC(=O)NCc2cn3cc(Br)ccc3n2)cs1. The number of carbonyl (C=O) groups excluding carboxylic acids is 1. The second-order valence-electron chi connectivity index (χ2n) is 5.57. The van der Waals surface area contributed by atoms with Gasteiger partial charge in [0.15, 0.2) is 0 Å². The Hall–Kier alpha value is -1.77. The molecule has 0 radical (unpaired) electrons. The van der Waals surface area contributed by atoms with Gasteiger partial charge in [0.05, 0.1) is 24.4 Å². The highest BCUT2D eigenvalue weighted by Crippen LogP contribution is 2.21. The molecule has 3 rings (SSSR count). The number of rotatable bonds is 7. The van der Waals surface area contributed by atoms with E-state index >= 15 is 0 Å². The van der Waals surface area contributed by atoms with Crippen LogP contribution in [0, 0.1) is 0 Å². The van der Waals surface area contributed by atoms with Crippen molar-refractivity contribution in [1.29, 1.82) is 0 Å². The van der Waals surface area contributed by atoms with Gasteiger partial charge in [0.2, 0.25) is 5.91 Å². The average Bonchev–Trinajstić information content (AvgIpc) is 3.19. The van der Waals surface area contributed by atoms with Crippen molar-refractivity contribution in [2.75, 3.05) is 6.61 Å². The molecule has 1 amide bonds. The monoisotopic (exact) mass is 422 g/mol. The third-order valence-corrected chi connectivity index (χ3v) is 5.13. The van der Waals surface area contributed by atoms with Crippen molar-refractivity contribution in [2.24, 2.45) is 0 Å². The van der Waals surface area contributed by atoms with E-state index in [1.807, 2.05) is 48.2 Å². The second-order valence-corrected chi connectivity index (χ2v) is 7.38. The zero-order valence-corrected chi connectivity index (χ0v) is 16.4. The largest absolute Gasteiger partial charge is 0.372 e. The first-order valence-corrected chi connectivity index (χ1v) is 9.68. The Morgan fingerprint density at radius 3 is 3.00 bits per heavy atom. The second kappa shape index (κ2) is 8.07. The molecule has 0 saturated carbocycles. The summed E-state index contributed by atoms with van der Waals surface area (Å²) in [7, 11) is 0. The van der Waals surface area contributed by atoms with Gasteiger partial charge >= 0.3 is 0 Å². The molecule has 3 heterocycles. The Bertz CT molecular complexity index is 877. The predicted molar refractivity (Wildman–Crippen MR) is 101 cm³/mol. The minimum atomic E-state index is -0.0702. The van der Waals surface area contributed by atoms with E-state index in [1.54, 1.807) is 0 Å². The van der Waals surface area contributed by atoms with Gasteiger partial charge in [0.1, 0.15) is 16.8 Å². The van der Waals surface area contributed by atoms with Gasteiger partial charge in [-0.15, -0.1) is 11.3 Å². The van der Waals surface area contributed by atoms with Crippen LogP contribution in [-0.4, -0.2) is 26.9 Å². The van der Waals surface area contributed by atoms with Crippen LogP contribution in [0.2, 0.25) is 0 Å². The average molecular weight is 423 g/mol. The molecule has 1 atom stereocenters. The van der Waals surface area contributed by atoms with Gasteiger partial charge in [-0.1, -0.05) is 0 Å². The van der Waals surface area contributed by atoms with Gasteiger partial charge < -0.3 is 14.5 Å². The minimum absolute atomic E-state index is 0.0379. The quantitative estimate of drug-likeness (QED) is 0.632. The molecule has 0 saturated heterocycles. The number of nitrogens with zero attached hydrogens (tertiary/aromatic N) is 3. The summed E-state index contributed by atoms with van der Waals surface area (Å²) < 4.78 is 8.43. The summed E-state index contributed by atoms with van der Waals surface area (Å²) in [6, 6.07) is 3.86. The van der Waals surface area contributed by atoms with Crippen molar-refractivity contribution in [3.05, 3.63) is 50.8 Å². The number of aromatic nitrogens is 3. The molecule has 3 aromatic rings. The maximum atomic E-state index is 12.1. The van der Waals surface area contributed by atoms with Crippen LogP contribution in [0.5, 0.6) is 0 Å². The summed E-state index contributed by atoms with van der Waals surface area (Å²) in [6.45, 7) is 4.96. The molecular formula is C17H19BrN4O2S. The number of carbonyl (C=O) groups is 1. The first-order chi connectivity index (χ1) is 12.0. The van der Waals surface area contributed by atoms with Crippen molar-refractivity contribution in [2.45, 2.75) is 32.9 Å². The molecule has 3 aromatic heterocycles. The van der Waals surface area contributed by atoms with E-state index in [0.717, 1.165) is 26.5 Å². The lowest BCUT2D eigenvalue weighted by Crippen LogP contribution is -2.24. The van der Waals surface area contributed by atoms with E-state index < -0.39 is 0 Å². The summed E-state index contributed by atoms with van der Waals surface area (Å²) in [5, 5.41) is 5.70. The van der Waals surface area contributed by atoms with Gasteiger partial charge in [0, 0.05) is 28.9 Å². The number of hydrogen-bond donors (Lipinski definition) is 1. The van der Waals surface area contributed by atoms with E-state index in [9.17, 15) is 4.79 Å². The number of hydrogen-bond acceptors (Lipinski definition) is 5. The molecule has 0 aliphatic heterocycles. The van der Waals surface area contributed by atoms with E-state index in [0.29, 0.717) is 13.2 Å². The van der Waals surface area contributed by atoms with Crippen LogP contribution in [0.3, 0.4) is 0 Å². The van der Waals surface area contributed by atoms with Gasteiger partial charge in [-0.2, -0.15) is 0 Å². The maximum absolute atomic E-state index is 12.1. The Balaban J connectivity index is 1.55. The fourth-order valence-electron chi connectivity index (χ4n) is 2.43. The number of amides is 1. The molecule has 0 fully saturated rings. The highest BCUT2D eigenvalue weighted by molar-refractivity contribution is 9.10. The fourth-order valence-corrected chi connectivity index (χ4v) is 3.61. The maximum Gasteiger partial charge on any atom is 0.226 e. The molecule has 0 aliphatic carbocycles. The van der Waals surface area contributed by atoms with Crippen molar-refractivity contribution < 1.29 is 9.53 Å². The molecule has 6 nitrogen and oxygen atoms in total. The highest BCUT2D eigenvalue weighted by Gasteiger charge is 2.13. The van der Waals surface area contributed by atoms with Crippen molar-refractivity contribution in [3.63, 3.8) is 0 Å². The van der Waals surface area contributed by atoms with Crippen molar-refractivity contribution >= 4 is 38.8 Å². The first kappa shape index (κ1) is 18.0. The highest BCUT2D eigenvalue weighted by atomic mass is 79.9. The van der Waals surface area contributed by atoms with Crippen LogP contribution in [-0.2, 0) is 22.5 Å². The minimum Gasteiger partial charge on any atom is -0.372 e. The Labute approximate surface area is 158 Å². The standard InChI is InChI=1S/C17H19BrN4O2S/c1-3-24-11(2)17-21-13(10-25-17)6-16(23)19-7-14-9-22-8-12(18)4-5-15(22)20-14/h4-5,8-11H,3,6-7H2,1-2H3,(H,19,23). The molecule has 0 bridgehead atoms. The zero-order chi connectivity index (χ0) is 17.8. The van der Waals surface area contributed by atoms with Gasteiger partial charge in [0.25, 0.3) is 0 Å². The lowest BCUT2D eigenvalue weighted by molar-refractivity contribution is -0.120. The Kier molecular flexibility index (Phi) is 5.82. The van der Waals surface area contributed by atoms with Crippen LogP contribution in [0.15, 0.2) is 34.4 Å². The summed E-state index contributed by atoms with van der Waals surface area (Å²) in [5.41, 5.74) is 2.43. The fraction of sp³-hybridized carbons (Fsp3) is 0.353. The van der Waals surface area contributed by atoms with E-state index in [1.165, 1.54) is 11.3 Å². The number of halogens is 1. The molecule has 0 aliphatic rings. The molecule has 25 heavy (non-hydrogen) atoms. The topological polar surface area (TPSA) is 68.5 Å². The molecule has 1 unspecified atom stereocenters. The van der Waals surface area contributed by atoms with Crippen LogP contribution >= 0.6 is 27.3 Å². The van der Waals surface area contributed by atoms with Gasteiger partial charge in [-0.05, 0) is 41.9 Å². The molecule has 0 spiro atoms. The van der Waals surface area contributed by atoms with E-state index in [4.69, 9.17) is 4.74 Å². The molecule has 8 heteroatoms. The van der Waals surface area contributed by atoms with Crippen LogP contribution in [0.25, 0.3) is 5.65 Å². The Morgan fingerprint density at radius 2 is 2.20 bits per heavy atom. The summed E-state index contributed by atoms with van der Waals surface area (Å²) >= 11 is 4.95. The predicted octanol–water partition coefficient (Wildman–Crippen LogP) is 3.51. The summed E-state index contributed by atoms with van der Waals surface area (Å²) in [5.74, 6) is -0.0702. The van der Waals surface area contributed by atoms with Crippen LogP contribution in [0.1, 0.15) is 36.3 Å². The number of fused-ring (bicyclic) bond motifs is 1. The lowest BCUT2D eigenvalue weighted by Gasteiger charge is -2.07. The number of ether oxygens (including phenoxy) is 1. The molecular weight excluding hydrogens is 404 g/mol. The number of thiazole rings is 1. The number of nitrogens with one attached hydrogen (secondary N) is 1. The number of pyridine rings is 1. The van der Waals surface area contributed by atoms with Gasteiger partial charge in [-0.25, -0.2) is 9.97 Å². The first-order valence-electron chi connectivity index (χ1n) is 8.01. The van der Waals surface area contributed by atoms with E-state index in [2.05, 4.69) is 31.2 Å². The van der Waals surface area contributed by atoms with Crippen LogP contribution < -0.4 is 5.32 Å². The summed E-state index contributed by atoms with van der Waals surface area (Å²) in [4.78, 5) is 21.1. The Morgan fingerprint density at radius 1 is 1.36 bits per heavy atom. The summed E-state index contributed by atoms with van der Waals surface area (Å²) in [6.07, 6.45) is 4.06. The third kappa shape index (κ3) is 4.65. The van der Waals surface area contributed by atoms with Crippen molar-refractivity contribution in [3.8, 4) is 0 Å². The van der Waals surface area contributed by atoms with Crippen molar-refractivity contribution in [1.82, 2.24) is 19.7 Å². The molecule has 132 valence electrons. The lowest BCUT2D eigenvalue weighted by atomic mass is 10.3. The van der Waals surface area contributed by atoms with E-state index in [-0.39, 0.29) is 18.4 Å². The molecule has 0 aromatic carbocycles. The number of imidazole rings is 1. The van der Waals surface area contributed by atoms with Gasteiger partial charge in [-0.3, -0.25) is 4.79 Å².